The van der Waals surface area contributed by atoms with E-state index in [0.717, 1.165) is 29.4 Å². The van der Waals surface area contributed by atoms with E-state index in [2.05, 4.69) is 10.2 Å². The van der Waals surface area contributed by atoms with Crippen LogP contribution in [0.15, 0.2) is 48.5 Å². The van der Waals surface area contributed by atoms with Gasteiger partial charge in [-0.3, -0.25) is 9.59 Å². The Morgan fingerprint density at radius 2 is 1.56 bits per heavy atom. The lowest BCUT2D eigenvalue weighted by Crippen LogP contribution is -2.49. The third kappa shape index (κ3) is 5.37. The number of carbonyl (C=O) groups is 2. The number of hydrogen-bond acceptors (Lipinski definition) is 3. The van der Waals surface area contributed by atoms with Crippen LogP contribution >= 0.6 is 23.2 Å². The van der Waals surface area contributed by atoms with E-state index in [1.807, 2.05) is 41.3 Å². The molecule has 1 heterocycles. The molecular formula is C20H21Cl2N3O2. The number of carbonyl (C=O) groups excluding carboxylic acids is 2. The van der Waals surface area contributed by atoms with Crippen molar-refractivity contribution in [2.24, 2.45) is 0 Å². The maximum Gasteiger partial charge on any atom is 0.239 e. The van der Waals surface area contributed by atoms with E-state index in [9.17, 15) is 9.59 Å². The molecule has 2 aromatic rings. The molecule has 0 unspecified atom stereocenters. The number of rotatable bonds is 5. The smallest absolute Gasteiger partial charge is 0.239 e. The minimum Gasteiger partial charge on any atom is -0.368 e. The van der Waals surface area contributed by atoms with E-state index in [-0.39, 0.29) is 17.7 Å². The van der Waals surface area contributed by atoms with Crippen molar-refractivity contribution in [1.29, 1.82) is 0 Å². The molecule has 0 atom stereocenters. The summed E-state index contributed by atoms with van der Waals surface area (Å²) in [6.45, 7) is 3.00. The average molecular weight is 406 g/mol. The summed E-state index contributed by atoms with van der Waals surface area (Å²) in [4.78, 5) is 28.0. The molecule has 0 bridgehead atoms. The molecule has 1 fully saturated rings. The second kappa shape index (κ2) is 9.11. The number of benzene rings is 2. The van der Waals surface area contributed by atoms with Gasteiger partial charge in [0, 0.05) is 42.6 Å². The van der Waals surface area contributed by atoms with Crippen molar-refractivity contribution < 1.29 is 9.59 Å². The molecule has 0 radical (unpaired) electrons. The van der Waals surface area contributed by atoms with Crippen molar-refractivity contribution >= 4 is 46.4 Å². The largest absolute Gasteiger partial charge is 0.368 e. The summed E-state index contributed by atoms with van der Waals surface area (Å²) >= 11 is 11.4. The number of amides is 2. The van der Waals surface area contributed by atoms with E-state index in [1.165, 1.54) is 0 Å². The van der Waals surface area contributed by atoms with E-state index in [0.29, 0.717) is 25.2 Å². The molecule has 1 aliphatic rings. The zero-order valence-electron chi connectivity index (χ0n) is 14.8. The molecule has 0 aromatic heterocycles. The molecule has 1 saturated heterocycles. The Bertz CT molecular complexity index is 786. The summed E-state index contributed by atoms with van der Waals surface area (Å²) < 4.78 is 0. The van der Waals surface area contributed by atoms with Gasteiger partial charge in [0.25, 0.3) is 0 Å². The lowest BCUT2D eigenvalue weighted by Gasteiger charge is -2.36. The second-order valence-corrected chi connectivity index (χ2v) is 7.10. The van der Waals surface area contributed by atoms with Crippen molar-refractivity contribution in [2.45, 2.75) is 6.42 Å². The number of hydrogen-bond donors (Lipinski definition) is 1. The number of halogens is 2. The number of nitrogens with zero attached hydrogens (tertiary/aromatic N) is 2. The van der Waals surface area contributed by atoms with Crippen LogP contribution in [0.2, 0.25) is 5.02 Å². The zero-order chi connectivity index (χ0) is 19.2. The summed E-state index contributed by atoms with van der Waals surface area (Å²) in [5, 5.41) is 3.40. The van der Waals surface area contributed by atoms with Gasteiger partial charge in [0.2, 0.25) is 11.8 Å². The van der Waals surface area contributed by atoms with Crippen LogP contribution in [-0.2, 0) is 16.0 Å². The first-order valence-electron chi connectivity index (χ1n) is 8.78. The van der Waals surface area contributed by atoms with Gasteiger partial charge in [0.15, 0.2) is 0 Å². The maximum absolute atomic E-state index is 12.6. The summed E-state index contributed by atoms with van der Waals surface area (Å²) in [5.41, 5.74) is 2.72. The van der Waals surface area contributed by atoms with Gasteiger partial charge in [0.05, 0.1) is 6.42 Å². The first-order chi connectivity index (χ1) is 13.0. The standard InChI is InChI=1S/C20H21Cl2N3O2/c21-14-19(26)23-17-5-1-15(2-6-17)13-20(27)25-11-9-24(10-12-25)18-7-3-16(22)4-8-18/h1-8H,9-14H2,(H,23,26). The molecule has 2 amide bonds. The van der Waals surface area contributed by atoms with Gasteiger partial charge in [-0.1, -0.05) is 23.7 Å². The third-order valence-electron chi connectivity index (χ3n) is 4.54. The van der Waals surface area contributed by atoms with E-state index in [4.69, 9.17) is 23.2 Å². The molecule has 142 valence electrons. The predicted octanol–water partition coefficient (Wildman–Crippen LogP) is 3.41. The fourth-order valence-electron chi connectivity index (χ4n) is 3.05. The summed E-state index contributed by atoms with van der Waals surface area (Å²) in [6.07, 6.45) is 0.352. The Kier molecular flexibility index (Phi) is 6.58. The molecule has 0 aliphatic carbocycles. The fourth-order valence-corrected chi connectivity index (χ4v) is 3.25. The molecule has 2 aromatic carbocycles. The molecule has 0 saturated carbocycles. The zero-order valence-corrected chi connectivity index (χ0v) is 16.3. The van der Waals surface area contributed by atoms with Crippen LogP contribution in [0.1, 0.15) is 5.56 Å². The van der Waals surface area contributed by atoms with Gasteiger partial charge in [-0.05, 0) is 42.0 Å². The minimum absolute atomic E-state index is 0.0811. The Balaban J connectivity index is 1.50. The summed E-state index contributed by atoms with van der Waals surface area (Å²) in [7, 11) is 0. The van der Waals surface area contributed by atoms with Crippen molar-refractivity contribution in [3.8, 4) is 0 Å². The summed E-state index contributed by atoms with van der Waals surface area (Å²) in [6, 6.07) is 15.0. The lowest BCUT2D eigenvalue weighted by molar-refractivity contribution is -0.130. The van der Waals surface area contributed by atoms with Crippen LogP contribution < -0.4 is 10.2 Å². The van der Waals surface area contributed by atoms with E-state index < -0.39 is 0 Å². The highest BCUT2D eigenvalue weighted by atomic mass is 35.5. The van der Waals surface area contributed by atoms with Gasteiger partial charge in [-0.2, -0.15) is 0 Å². The molecule has 5 nitrogen and oxygen atoms in total. The maximum atomic E-state index is 12.6. The first-order valence-corrected chi connectivity index (χ1v) is 9.69. The Morgan fingerprint density at radius 1 is 0.926 bits per heavy atom. The highest BCUT2D eigenvalue weighted by Gasteiger charge is 2.21. The molecule has 1 aliphatic heterocycles. The minimum atomic E-state index is -0.251. The van der Waals surface area contributed by atoms with Gasteiger partial charge < -0.3 is 15.1 Å². The lowest BCUT2D eigenvalue weighted by atomic mass is 10.1. The monoisotopic (exact) mass is 405 g/mol. The first kappa shape index (κ1) is 19.5. The van der Waals surface area contributed by atoms with Crippen molar-refractivity contribution in [1.82, 2.24) is 4.90 Å². The number of nitrogens with one attached hydrogen (secondary N) is 1. The quantitative estimate of drug-likeness (QED) is 0.775. The number of piperazine rings is 1. The normalized spacial score (nSPS) is 14.1. The van der Waals surface area contributed by atoms with Crippen LogP contribution in [0.4, 0.5) is 11.4 Å². The molecule has 27 heavy (non-hydrogen) atoms. The Labute approximate surface area is 168 Å². The van der Waals surface area contributed by atoms with Crippen LogP contribution in [0.25, 0.3) is 0 Å². The van der Waals surface area contributed by atoms with Gasteiger partial charge in [-0.15, -0.1) is 11.6 Å². The SMILES string of the molecule is O=C(CCl)Nc1ccc(CC(=O)N2CCN(c3ccc(Cl)cc3)CC2)cc1. The Morgan fingerprint density at radius 3 is 2.15 bits per heavy atom. The van der Waals surface area contributed by atoms with E-state index in [1.54, 1.807) is 12.1 Å². The highest BCUT2D eigenvalue weighted by Crippen LogP contribution is 2.20. The second-order valence-electron chi connectivity index (χ2n) is 6.40. The van der Waals surface area contributed by atoms with Crippen molar-refractivity contribution in [3.63, 3.8) is 0 Å². The van der Waals surface area contributed by atoms with Crippen LogP contribution in [0, 0.1) is 0 Å². The van der Waals surface area contributed by atoms with E-state index >= 15 is 0 Å². The van der Waals surface area contributed by atoms with Crippen molar-refractivity contribution in [3.05, 3.63) is 59.1 Å². The molecule has 0 spiro atoms. The van der Waals surface area contributed by atoms with Gasteiger partial charge >= 0.3 is 0 Å². The highest BCUT2D eigenvalue weighted by molar-refractivity contribution is 6.30. The van der Waals surface area contributed by atoms with Crippen LogP contribution in [-0.4, -0.2) is 48.8 Å². The number of alkyl halides is 1. The topological polar surface area (TPSA) is 52.7 Å². The molecular weight excluding hydrogens is 385 g/mol. The molecule has 1 N–H and O–H groups in total. The molecule has 7 heteroatoms. The fraction of sp³-hybridized carbons (Fsp3) is 0.300. The third-order valence-corrected chi connectivity index (χ3v) is 5.03. The number of anilines is 2. The summed E-state index contributed by atoms with van der Waals surface area (Å²) in [5.74, 6) is -0.218. The average Bonchev–Trinajstić information content (AvgIpc) is 2.70. The van der Waals surface area contributed by atoms with Gasteiger partial charge in [0.1, 0.15) is 5.88 Å². The predicted molar refractivity (Wildman–Crippen MR) is 110 cm³/mol. The van der Waals surface area contributed by atoms with Crippen molar-refractivity contribution in [2.75, 3.05) is 42.3 Å². The Hall–Kier alpha value is -2.24. The molecule has 3 rings (SSSR count). The van der Waals surface area contributed by atoms with Gasteiger partial charge in [-0.25, -0.2) is 0 Å². The van der Waals surface area contributed by atoms with Crippen LogP contribution in [0.3, 0.4) is 0 Å². The van der Waals surface area contributed by atoms with Crippen LogP contribution in [0.5, 0.6) is 0 Å².